The first-order valence-corrected chi connectivity index (χ1v) is 12.0. The summed E-state index contributed by atoms with van der Waals surface area (Å²) in [6.45, 7) is 6.21. The van der Waals surface area contributed by atoms with Gasteiger partial charge < -0.3 is 23.5 Å². The lowest BCUT2D eigenvalue weighted by molar-refractivity contribution is -0.148. The summed E-state index contributed by atoms with van der Waals surface area (Å²) in [5.74, 6) is 0.505. The highest BCUT2D eigenvalue weighted by Crippen LogP contribution is 2.16. The van der Waals surface area contributed by atoms with E-state index in [2.05, 4.69) is 6.92 Å². The molecule has 0 aliphatic carbocycles. The highest BCUT2D eigenvalue weighted by molar-refractivity contribution is 6.61. The van der Waals surface area contributed by atoms with Crippen LogP contribution in [0.1, 0.15) is 56.3 Å². The van der Waals surface area contributed by atoms with Crippen LogP contribution in [0.15, 0.2) is 48.5 Å². The molecule has 0 aromatic heterocycles. The minimum Gasteiger partial charge on any atom is -0.494 e. The molecule has 182 valence electrons. The van der Waals surface area contributed by atoms with Gasteiger partial charge in [-0.3, -0.25) is 4.79 Å². The van der Waals surface area contributed by atoms with Crippen molar-refractivity contribution in [1.82, 2.24) is 0 Å². The van der Waals surface area contributed by atoms with E-state index < -0.39 is 5.97 Å². The van der Waals surface area contributed by atoms with Crippen molar-refractivity contribution >= 4 is 24.5 Å². The van der Waals surface area contributed by atoms with Crippen LogP contribution in [0.25, 0.3) is 0 Å². The summed E-state index contributed by atoms with van der Waals surface area (Å²) in [5, 5.41) is 0. The van der Waals surface area contributed by atoms with Gasteiger partial charge in [0.1, 0.15) is 11.5 Å². The molecule has 0 radical (unpaired) electrons. The second-order valence-corrected chi connectivity index (χ2v) is 8.32. The second-order valence-electron chi connectivity index (χ2n) is 8.32. The zero-order valence-electron chi connectivity index (χ0n) is 20.0. The molecule has 8 heteroatoms. The maximum atomic E-state index is 12.4. The maximum Gasteiger partial charge on any atom is 0.493 e. The average Bonchev–Trinajstić information content (AvgIpc) is 2.87. The SMILES string of the molecule is CCCC(C)C(=O)OCCCCOc1ccc(C(=O)Oc2ccc(B3OCCCO3)cc2)cc1. The molecule has 1 saturated heterocycles. The van der Waals surface area contributed by atoms with Crippen LogP contribution >= 0.6 is 0 Å². The van der Waals surface area contributed by atoms with Crippen LogP contribution in [-0.2, 0) is 18.8 Å². The molecule has 34 heavy (non-hydrogen) atoms. The van der Waals surface area contributed by atoms with Crippen molar-refractivity contribution in [3.8, 4) is 11.5 Å². The van der Waals surface area contributed by atoms with Gasteiger partial charge in [-0.15, -0.1) is 0 Å². The largest absolute Gasteiger partial charge is 0.494 e. The molecule has 1 unspecified atom stereocenters. The molecular formula is C26H33BO7. The Balaban J connectivity index is 1.36. The number of carbonyl (C=O) groups excluding carboxylic acids is 2. The number of rotatable bonds is 12. The summed E-state index contributed by atoms with van der Waals surface area (Å²) in [7, 11) is -0.365. The van der Waals surface area contributed by atoms with E-state index in [0.717, 1.165) is 37.6 Å². The number of hydrogen-bond acceptors (Lipinski definition) is 7. The third-order valence-electron chi connectivity index (χ3n) is 5.46. The molecule has 7 nitrogen and oxygen atoms in total. The minimum absolute atomic E-state index is 0.0448. The highest BCUT2D eigenvalue weighted by atomic mass is 16.6. The van der Waals surface area contributed by atoms with Crippen LogP contribution in [0.5, 0.6) is 11.5 Å². The number of hydrogen-bond donors (Lipinski definition) is 0. The van der Waals surface area contributed by atoms with Crippen molar-refractivity contribution in [2.45, 2.75) is 46.0 Å². The van der Waals surface area contributed by atoms with Gasteiger partial charge in [-0.1, -0.05) is 32.4 Å². The van der Waals surface area contributed by atoms with Crippen molar-refractivity contribution in [2.75, 3.05) is 26.4 Å². The van der Waals surface area contributed by atoms with Crippen LogP contribution in [0.2, 0.25) is 0 Å². The van der Waals surface area contributed by atoms with E-state index in [4.69, 9.17) is 23.5 Å². The number of carbonyl (C=O) groups is 2. The van der Waals surface area contributed by atoms with Crippen molar-refractivity contribution in [3.05, 3.63) is 54.1 Å². The fourth-order valence-electron chi connectivity index (χ4n) is 3.49. The van der Waals surface area contributed by atoms with Gasteiger partial charge in [0.25, 0.3) is 0 Å². The van der Waals surface area contributed by atoms with Gasteiger partial charge in [0, 0.05) is 13.2 Å². The second kappa shape index (κ2) is 13.8. The van der Waals surface area contributed by atoms with Gasteiger partial charge in [0.2, 0.25) is 0 Å². The normalized spacial score (nSPS) is 14.4. The average molecular weight is 468 g/mol. The molecule has 0 bridgehead atoms. The molecule has 0 saturated carbocycles. The van der Waals surface area contributed by atoms with E-state index in [9.17, 15) is 9.59 Å². The molecule has 1 atom stereocenters. The summed E-state index contributed by atoms with van der Waals surface area (Å²) in [6, 6.07) is 14.0. The van der Waals surface area contributed by atoms with Crippen LogP contribution in [0, 0.1) is 5.92 Å². The maximum absolute atomic E-state index is 12.4. The Morgan fingerprint density at radius 3 is 2.26 bits per heavy atom. The number of unbranched alkanes of at least 4 members (excludes halogenated alkanes) is 1. The first-order chi connectivity index (χ1) is 16.6. The highest BCUT2D eigenvalue weighted by Gasteiger charge is 2.24. The monoisotopic (exact) mass is 468 g/mol. The van der Waals surface area contributed by atoms with E-state index in [1.54, 1.807) is 36.4 Å². The van der Waals surface area contributed by atoms with Crippen molar-refractivity contribution in [3.63, 3.8) is 0 Å². The smallest absolute Gasteiger partial charge is 0.493 e. The summed E-state index contributed by atoms with van der Waals surface area (Å²) in [6.07, 6.45) is 4.23. The number of benzene rings is 2. The third-order valence-corrected chi connectivity index (χ3v) is 5.46. The van der Waals surface area contributed by atoms with Crippen molar-refractivity contribution < 1.29 is 33.1 Å². The van der Waals surface area contributed by atoms with Crippen LogP contribution < -0.4 is 14.9 Å². The molecule has 2 aromatic carbocycles. The van der Waals surface area contributed by atoms with Gasteiger partial charge in [0.15, 0.2) is 0 Å². The zero-order chi connectivity index (χ0) is 24.2. The lowest BCUT2D eigenvalue weighted by Crippen LogP contribution is -2.40. The molecule has 0 amide bonds. The summed E-state index contributed by atoms with van der Waals surface area (Å²) < 4.78 is 27.6. The van der Waals surface area contributed by atoms with Gasteiger partial charge in [0.05, 0.1) is 24.7 Å². The van der Waals surface area contributed by atoms with E-state index >= 15 is 0 Å². The summed E-state index contributed by atoms with van der Waals surface area (Å²) in [5.41, 5.74) is 1.33. The first kappa shape index (κ1) is 25.8. The minimum atomic E-state index is -0.441. The Morgan fingerprint density at radius 1 is 0.941 bits per heavy atom. The number of ether oxygens (including phenoxy) is 3. The molecule has 1 heterocycles. The summed E-state index contributed by atoms with van der Waals surface area (Å²) in [4.78, 5) is 24.2. The van der Waals surface area contributed by atoms with Crippen LogP contribution in [0.3, 0.4) is 0 Å². The molecule has 1 aliphatic heterocycles. The fourth-order valence-corrected chi connectivity index (χ4v) is 3.49. The molecule has 0 spiro atoms. The van der Waals surface area contributed by atoms with Crippen molar-refractivity contribution in [1.29, 1.82) is 0 Å². The van der Waals surface area contributed by atoms with E-state index in [1.165, 1.54) is 0 Å². The third kappa shape index (κ3) is 8.19. The Labute approximate surface area is 201 Å². The summed E-state index contributed by atoms with van der Waals surface area (Å²) >= 11 is 0. The standard InChI is InChI=1S/C26H33BO7/c1-3-7-20(2)25(28)31-17-5-4-16-30-23-12-8-21(9-13-23)26(29)34-24-14-10-22(11-15-24)27-32-18-6-19-33-27/h8-15,20H,3-7,16-19H2,1-2H3. The molecular weight excluding hydrogens is 435 g/mol. The quantitative estimate of drug-likeness (QED) is 0.200. The van der Waals surface area contributed by atoms with Crippen LogP contribution in [0.4, 0.5) is 0 Å². The van der Waals surface area contributed by atoms with E-state index in [-0.39, 0.29) is 19.0 Å². The molecule has 0 N–H and O–H groups in total. The number of esters is 2. The molecule has 2 aromatic rings. The Kier molecular flexibility index (Phi) is 10.4. The van der Waals surface area contributed by atoms with Crippen LogP contribution in [-0.4, -0.2) is 45.5 Å². The lowest BCUT2D eigenvalue weighted by atomic mass is 9.78. The van der Waals surface area contributed by atoms with E-state index in [0.29, 0.717) is 43.5 Å². The first-order valence-electron chi connectivity index (χ1n) is 12.0. The predicted molar refractivity (Wildman–Crippen MR) is 130 cm³/mol. The Bertz CT molecular complexity index is 892. The topological polar surface area (TPSA) is 80.3 Å². The Morgan fingerprint density at radius 2 is 1.59 bits per heavy atom. The van der Waals surface area contributed by atoms with Crippen molar-refractivity contribution in [2.24, 2.45) is 5.92 Å². The molecule has 1 fully saturated rings. The molecule has 1 aliphatic rings. The predicted octanol–water partition coefficient (Wildman–Crippen LogP) is 4.18. The Hall–Kier alpha value is -2.84. The fraction of sp³-hybridized carbons (Fsp3) is 0.462. The van der Waals surface area contributed by atoms with Gasteiger partial charge >= 0.3 is 19.1 Å². The zero-order valence-corrected chi connectivity index (χ0v) is 20.0. The van der Waals surface area contributed by atoms with Gasteiger partial charge in [-0.25, -0.2) is 4.79 Å². The van der Waals surface area contributed by atoms with Gasteiger partial charge in [-0.2, -0.15) is 0 Å². The molecule has 3 rings (SSSR count). The van der Waals surface area contributed by atoms with E-state index in [1.807, 2.05) is 19.1 Å². The van der Waals surface area contributed by atoms with Gasteiger partial charge in [-0.05, 0) is 67.5 Å². The lowest BCUT2D eigenvalue weighted by Gasteiger charge is -2.19.